The Kier molecular flexibility index (Phi) is 7.28. The molecular weight excluding hydrogens is 256 g/mol. The molecule has 2 unspecified atom stereocenters. The molecule has 0 radical (unpaired) electrons. The summed E-state index contributed by atoms with van der Waals surface area (Å²) in [7, 11) is 0. The SMILES string of the molecule is CC1CC2CC(C1)CC(OCCOCCOCCO)C2. The van der Waals surface area contributed by atoms with Gasteiger partial charge in [0.25, 0.3) is 0 Å². The van der Waals surface area contributed by atoms with Crippen LogP contribution in [0.3, 0.4) is 0 Å². The topological polar surface area (TPSA) is 47.9 Å². The zero-order valence-electron chi connectivity index (χ0n) is 12.8. The smallest absolute Gasteiger partial charge is 0.0704 e. The number of aliphatic hydroxyl groups is 1. The molecule has 0 spiro atoms. The summed E-state index contributed by atoms with van der Waals surface area (Å²) in [6, 6.07) is 0. The van der Waals surface area contributed by atoms with E-state index in [9.17, 15) is 0 Å². The maximum Gasteiger partial charge on any atom is 0.0704 e. The Morgan fingerprint density at radius 2 is 1.40 bits per heavy atom. The number of ether oxygens (including phenoxy) is 3. The largest absolute Gasteiger partial charge is 0.394 e. The van der Waals surface area contributed by atoms with E-state index >= 15 is 0 Å². The lowest BCUT2D eigenvalue weighted by Crippen LogP contribution is -2.34. The van der Waals surface area contributed by atoms with Crippen LogP contribution in [0.4, 0.5) is 0 Å². The average molecular weight is 286 g/mol. The highest BCUT2D eigenvalue weighted by atomic mass is 16.5. The van der Waals surface area contributed by atoms with Gasteiger partial charge in [-0.15, -0.1) is 0 Å². The molecule has 118 valence electrons. The van der Waals surface area contributed by atoms with Crippen LogP contribution in [0.15, 0.2) is 0 Å². The van der Waals surface area contributed by atoms with Crippen molar-refractivity contribution in [1.82, 2.24) is 0 Å². The van der Waals surface area contributed by atoms with E-state index in [4.69, 9.17) is 19.3 Å². The van der Waals surface area contributed by atoms with Gasteiger partial charge >= 0.3 is 0 Å². The summed E-state index contributed by atoms with van der Waals surface area (Å²) in [6.45, 7) is 5.33. The standard InChI is InChI=1S/C16H30O4/c1-13-8-14-10-15(9-13)12-16(11-14)20-7-6-19-5-4-18-3-2-17/h13-17H,2-12H2,1H3. The molecule has 0 aliphatic heterocycles. The van der Waals surface area contributed by atoms with Gasteiger partial charge < -0.3 is 19.3 Å². The second kappa shape index (κ2) is 8.98. The van der Waals surface area contributed by atoms with Crippen molar-refractivity contribution in [3.8, 4) is 0 Å². The van der Waals surface area contributed by atoms with E-state index in [0.717, 1.165) is 17.8 Å². The van der Waals surface area contributed by atoms with Gasteiger partial charge in [0.1, 0.15) is 0 Å². The quantitative estimate of drug-likeness (QED) is 0.660. The zero-order valence-corrected chi connectivity index (χ0v) is 12.8. The first-order valence-electron chi connectivity index (χ1n) is 8.16. The summed E-state index contributed by atoms with van der Waals surface area (Å²) in [5.41, 5.74) is 0. The number of rotatable bonds is 9. The molecule has 2 fully saturated rings. The molecule has 2 aliphatic rings. The first-order chi connectivity index (χ1) is 9.78. The third-order valence-electron chi connectivity index (χ3n) is 4.52. The highest BCUT2D eigenvalue weighted by Crippen LogP contribution is 2.43. The Labute approximate surface area is 122 Å². The fourth-order valence-electron chi connectivity index (χ4n) is 3.92. The first-order valence-corrected chi connectivity index (χ1v) is 8.16. The second-order valence-corrected chi connectivity index (χ2v) is 6.46. The molecule has 0 aromatic carbocycles. The van der Waals surface area contributed by atoms with Gasteiger partial charge in [-0.25, -0.2) is 0 Å². The third-order valence-corrected chi connectivity index (χ3v) is 4.52. The Bertz CT molecular complexity index is 241. The molecule has 2 atom stereocenters. The van der Waals surface area contributed by atoms with Crippen molar-refractivity contribution in [3.63, 3.8) is 0 Å². The van der Waals surface area contributed by atoms with Crippen molar-refractivity contribution in [2.24, 2.45) is 17.8 Å². The van der Waals surface area contributed by atoms with Gasteiger partial charge in [-0.1, -0.05) is 6.92 Å². The fourth-order valence-corrected chi connectivity index (χ4v) is 3.92. The van der Waals surface area contributed by atoms with Crippen molar-refractivity contribution in [2.75, 3.05) is 39.6 Å². The van der Waals surface area contributed by atoms with Crippen molar-refractivity contribution in [2.45, 2.75) is 45.1 Å². The molecular formula is C16H30O4. The van der Waals surface area contributed by atoms with Crippen LogP contribution in [-0.2, 0) is 14.2 Å². The van der Waals surface area contributed by atoms with E-state index in [1.807, 2.05) is 0 Å². The van der Waals surface area contributed by atoms with Gasteiger partial charge in [0.15, 0.2) is 0 Å². The highest BCUT2D eigenvalue weighted by molar-refractivity contribution is 4.85. The van der Waals surface area contributed by atoms with E-state index in [0.29, 0.717) is 39.1 Å². The van der Waals surface area contributed by atoms with Crippen LogP contribution in [0.5, 0.6) is 0 Å². The minimum atomic E-state index is 0.0751. The maximum absolute atomic E-state index is 8.55. The summed E-state index contributed by atoms with van der Waals surface area (Å²) in [5.74, 6) is 2.72. The van der Waals surface area contributed by atoms with E-state index in [1.165, 1.54) is 32.1 Å². The fraction of sp³-hybridized carbons (Fsp3) is 1.00. The molecule has 2 saturated carbocycles. The molecule has 4 heteroatoms. The molecule has 0 aromatic rings. The summed E-state index contributed by atoms with van der Waals surface area (Å²) in [6.07, 6.45) is 7.19. The molecule has 2 aliphatic carbocycles. The molecule has 4 nitrogen and oxygen atoms in total. The number of aliphatic hydroxyl groups excluding tert-OH is 1. The molecule has 0 heterocycles. The van der Waals surface area contributed by atoms with Crippen molar-refractivity contribution >= 4 is 0 Å². The van der Waals surface area contributed by atoms with Gasteiger partial charge in [0, 0.05) is 0 Å². The van der Waals surface area contributed by atoms with Crippen LogP contribution >= 0.6 is 0 Å². The average Bonchev–Trinajstić information content (AvgIpc) is 2.40. The molecule has 0 amide bonds. The molecule has 2 bridgehead atoms. The molecule has 1 N–H and O–H groups in total. The van der Waals surface area contributed by atoms with Gasteiger partial charge in [-0.3, -0.25) is 0 Å². The monoisotopic (exact) mass is 286 g/mol. The van der Waals surface area contributed by atoms with Crippen LogP contribution in [-0.4, -0.2) is 50.9 Å². The third kappa shape index (κ3) is 5.68. The zero-order chi connectivity index (χ0) is 14.2. The maximum atomic E-state index is 8.55. The van der Waals surface area contributed by atoms with Crippen LogP contribution in [0, 0.1) is 17.8 Å². The van der Waals surface area contributed by atoms with Crippen molar-refractivity contribution in [1.29, 1.82) is 0 Å². The number of hydrogen-bond donors (Lipinski definition) is 1. The Balaban J connectivity index is 1.48. The molecule has 20 heavy (non-hydrogen) atoms. The highest BCUT2D eigenvalue weighted by Gasteiger charge is 2.34. The lowest BCUT2D eigenvalue weighted by molar-refractivity contribution is -0.0517. The summed E-state index contributed by atoms with van der Waals surface area (Å²) >= 11 is 0. The minimum absolute atomic E-state index is 0.0751. The number of hydrogen-bond acceptors (Lipinski definition) is 4. The summed E-state index contributed by atoms with van der Waals surface area (Å²) in [5, 5.41) is 8.55. The van der Waals surface area contributed by atoms with Crippen LogP contribution < -0.4 is 0 Å². The van der Waals surface area contributed by atoms with E-state index in [-0.39, 0.29) is 6.61 Å². The minimum Gasteiger partial charge on any atom is -0.394 e. The van der Waals surface area contributed by atoms with E-state index in [2.05, 4.69) is 6.92 Å². The molecule has 0 aromatic heterocycles. The predicted molar refractivity (Wildman–Crippen MR) is 77.7 cm³/mol. The Hall–Kier alpha value is -0.160. The Morgan fingerprint density at radius 3 is 2.05 bits per heavy atom. The normalized spacial score (nSPS) is 33.3. The Morgan fingerprint density at radius 1 is 0.800 bits per heavy atom. The predicted octanol–water partition coefficient (Wildman–Crippen LogP) is 2.24. The lowest BCUT2D eigenvalue weighted by atomic mass is 9.67. The van der Waals surface area contributed by atoms with Crippen LogP contribution in [0.1, 0.15) is 39.0 Å². The molecule has 2 rings (SSSR count). The lowest BCUT2D eigenvalue weighted by Gasteiger charge is -2.41. The van der Waals surface area contributed by atoms with Crippen molar-refractivity contribution < 1.29 is 19.3 Å². The molecule has 0 saturated heterocycles. The van der Waals surface area contributed by atoms with Crippen LogP contribution in [0.2, 0.25) is 0 Å². The van der Waals surface area contributed by atoms with Crippen molar-refractivity contribution in [3.05, 3.63) is 0 Å². The van der Waals surface area contributed by atoms with Gasteiger partial charge in [-0.05, 0) is 49.9 Å². The first kappa shape index (κ1) is 16.2. The van der Waals surface area contributed by atoms with E-state index in [1.54, 1.807) is 0 Å². The van der Waals surface area contributed by atoms with E-state index < -0.39 is 0 Å². The van der Waals surface area contributed by atoms with Gasteiger partial charge in [0.2, 0.25) is 0 Å². The van der Waals surface area contributed by atoms with Gasteiger partial charge in [0.05, 0.1) is 45.7 Å². The summed E-state index contributed by atoms with van der Waals surface area (Å²) in [4.78, 5) is 0. The summed E-state index contributed by atoms with van der Waals surface area (Å²) < 4.78 is 16.6. The number of fused-ring (bicyclic) bond motifs is 2. The van der Waals surface area contributed by atoms with Gasteiger partial charge in [-0.2, -0.15) is 0 Å². The van der Waals surface area contributed by atoms with Crippen LogP contribution in [0.25, 0.3) is 0 Å². The second-order valence-electron chi connectivity index (χ2n) is 6.46.